The van der Waals surface area contributed by atoms with Gasteiger partial charge in [-0.25, -0.2) is 4.57 Å². The highest BCUT2D eigenvalue weighted by Crippen LogP contribution is 2.43. The molecular weight excluding hydrogens is 852 g/mol. The fourth-order valence-electron chi connectivity index (χ4n) is 8.13. The number of phosphoric ester groups is 1. The van der Waals surface area contributed by atoms with E-state index in [1.54, 1.807) is 0 Å². The van der Waals surface area contributed by atoms with Crippen LogP contribution in [0.2, 0.25) is 0 Å². The van der Waals surface area contributed by atoms with Crippen molar-refractivity contribution in [1.29, 1.82) is 0 Å². The van der Waals surface area contributed by atoms with E-state index in [2.05, 4.69) is 79.9 Å². The second-order valence-corrected chi connectivity index (χ2v) is 21.7. The number of nitrogens with one attached hydrogen (secondary N) is 1. The molecule has 0 bridgehead atoms. The molecular formula is C58H110N2O6P+. The molecule has 0 radical (unpaired) electrons. The summed E-state index contributed by atoms with van der Waals surface area (Å²) in [6, 6.07) is -0.782. The van der Waals surface area contributed by atoms with E-state index in [4.69, 9.17) is 9.05 Å². The number of allylic oxidation sites excluding steroid dienone is 10. The maximum Gasteiger partial charge on any atom is 0.472 e. The molecule has 0 spiro atoms. The van der Waals surface area contributed by atoms with Gasteiger partial charge in [-0.15, -0.1) is 0 Å². The van der Waals surface area contributed by atoms with Crippen molar-refractivity contribution in [3.05, 3.63) is 60.8 Å². The zero-order valence-electron chi connectivity index (χ0n) is 44.6. The molecule has 3 unspecified atom stereocenters. The fourth-order valence-corrected chi connectivity index (χ4v) is 8.87. The van der Waals surface area contributed by atoms with Gasteiger partial charge in [-0.3, -0.25) is 13.8 Å². The number of rotatable bonds is 51. The summed E-state index contributed by atoms with van der Waals surface area (Å²) in [4.78, 5) is 23.3. The van der Waals surface area contributed by atoms with Crippen LogP contribution < -0.4 is 5.32 Å². The van der Waals surface area contributed by atoms with Crippen LogP contribution >= 0.6 is 7.82 Å². The molecule has 0 aromatic carbocycles. The van der Waals surface area contributed by atoms with E-state index < -0.39 is 20.0 Å². The topological polar surface area (TPSA) is 105 Å². The first-order valence-electron chi connectivity index (χ1n) is 28.2. The largest absolute Gasteiger partial charge is 0.472 e. The average Bonchev–Trinajstić information content (AvgIpc) is 3.29. The van der Waals surface area contributed by atoms with Gasteiger partial charge in [0.2, 0.25) is 5.91 Å². The van der Waals surface area contributed by atoms with Crippen molar-refractivity contribution in [3.8, 4) is 0 Å². The Labute approximate surface area is 415 Å². The molecule has 67 heavy (non-hydrogen) atoms. The zero-order valence-corrected chi connectivity index (χ0v) is 45.5. The van der Waals surface area contributed by atoms with E-state index >= 15 is 0 Å². The normalized spacial score (nSPS) is 14.4. The monoisotopic (exact) mass is 962 g/mol. The molecule has 0 aromatic rings. The van der Waals surface area contributed by atoms with Gasteiger partial charge in [-0.1, -0.05) is 248 Å². The minimum absolute atomic E-state index is 0.0655. The number of quaternary nitrogens is 1. The van der Waals surface area contributed by atoms with Crippen LogP contribution in [0, 0.1) is 0 Å². The van der Waals surface area contributed by atoms with Crippen LogP contribution in [0.15, 0.2) is 60.8 Å². The Bertz CT molecular complexity index is 1270. The van der Waals surface area contributed by atoms with Gasteiger partial charge in [0.05, 0.1) is 39.9 Å². The summed E-state index contributed by atoms with van der Waals surface area (Å²) in [7, 11) is 1.59. The Kier molecular flexibility index (Phi) is 47.9. The van der Waals surface area contributed by atoms with Gasteiger partial charge in [0.15, 0.2) is 0 Å². The number of nitrogens with zero attached hydrogens (tertiary/aromatic N) is 1. The smallest absolute Gasteiger partial charge is 0.391 e. The third-order valence-electron chi connectivity index (χ3n) is 12.5. The van der Waals surface area contributed by atoms with Gasteiger partial charge in [-0.05, 0) is 57.8 Å². The molecule has 8 nitrogen and oxygen atoms in total. The molecule has 0 saturated heterocycles. The van der Waals surface area contributed by atoms with Crippen molar-refractivity contribution >= 4 is 13.7 Å². The molecule has 9 heteroatoms. The van der Waals surface area contributed by atoms with Crippen LogP contribution in [0.4, 0.5) is 0 Å². The quantitative estimate of drug-likeness (QED) is 0.0243. The van der Waals surface area contributed by atoms with Gasteiger partial charge in [-0.2, -0.15) is 0 Å². The number of unbranched alkanes of at least 4 members (excludes halogenated alkanes) is 28. The van der Waals surface area contributed by atoms with Gasteiger partial charge >= 0.3 is 7.82 Å². The maximum absolute atomic E-state index is 13.0. The van der Waals surface area contributed by atoms with Crippen LogP contribution in [0.1, 0.15) is 251 Å². The molecule has 0 aliphatic rings. The Morgan fingerprint density at radius 1 is 0.522 bits per heavy atom. The van der Waals surface area contributed by atoms with Crippen molar-refractivity contribution in [1.82, 2.24) is 5.32 Å². The van der Waals surface area contributed by atoms with Crippen LogP contribution in [-0.2, 0) is 18.4 Å². The predicted molar refractivity (Wildman–Crippen MR) is 290 cm³/mol. The Hall–Kier alpha value is -1.80. The first-order chi connectivity index (χ1) is 32.5. The standard InChI is InChI=1S/C58H109N2O6P/c1-6-8-10-12-14-16-18-20-22-24-26-27-28-29-30-31-32-34-35-37-39-41-43-45-47-49-51-57(61)56(55-66-67(63,64)65-54-53-60(3,4)5)59-58(62)52-50-48-46-44-42-40-38-36-33-25-23-21-19-17-15-13-11-9-7-2/h9,11,15,17,21,23,33,36,40,42,56-57,61H,6-8,10,12-14,16,18-20,22,24-32,34-35,37-39,41,43-55H2,1-5H3,(H-,59,62,63,64)/p+1/b11-9-,17-15-,23-21-,36-33-,42-40-. The van der Waals surface area contributed by atoms with E-state index in [0.717, 1.165) is 77.0 Å². The molecule has 0 fully saturated rings. The van der Waals surface area contributed by atoms with E-state index in [0.29, 0.717) is 23.9 Å². The lowest BCUT2D eigenvalue weighted by molar-refractivity contribution is -0.870. The van der Waals surface area contributed by atoms with Gasteiger partial charge in [0, 0.05) is 6.42 Å². The lowest BCUT2D eigenvalue weighted by Gasteiger charge is -2.26. The summed E-state index contributed by atoms with van der Waals surface area (Å²) in [5.74, 6) is -0.175. The van der Waals surface area contributed by atoms with Crippen molar-refractivity contribution in [2.75, 3.05) is 40.9 Å². The summed E-state index contributed by atoms with van der Waals surface area (Å²) < 4.78 is 23.7. The lowest BCUT2D eigenvalue weighted by atomic mass is 10.0. The number of carbonyl (C=O) groups is 1. The summed E-state index contributed by atoms with van der Waals surface area (Å²) in [5, 5.41) is 14.0. The van der Waals surface area contributed by atoms with Crippen molar-refractivity contribution in [3.63, 3.8) is 0 Å². The van der Waals surface area contributed by atoms with E-state index in [1.165, 1.54) is 148 Å². The summed E-state index contributed by atoms with van der Waals surface area (Å²) in [5.41, 5.74) is 0. The molecule has 3 atom stereocenters. The van der Waals surface area contributed by atoms with Crippen molar-refractivity contribution in [2.24, 2.45) is 0 Å². The molecule has 0 heterocycles. The molecule has 0 saturated carbocycles. The van der Waals surface area contributed by atoms with Crippen molar-refractivity contribution in [2.45, 2.75) is 264 Å². The zero-order chi connectivity index (χ0) is 49.2. The van der Waals surface area contributed by atoms with Crippen LogP contribution in [0.5, 0.6) is 0 Å². The maximum atomic E-state index is 13.0. The molecule has 0 aliphatic heterocycles. The number of likely N-dealkylation sites (N-methyl/N-ethyl adjacent to an activating group) is 1. The average molecular weight is 962 g/mol. The van der Waals surface area contributed by atoms with Crippen LogP contribution in [-0.4, -0.2) is 73.4 Å². The number of aliphatic hydroxyl groups excluding tert-OH is 1. The van der Waals surface area contributed by atoms with Gasteiger partial charge < -0.3 is 19.8 Å². The number of phosphoric acid groups is 1. The highest BCUT2D eigenvalue weighted by molar-refractivity contribution is 7.47. The molecule has 0 aliphatic carbocycles. The van der Waals surface area contributed by atoms with Crippen molar-refractivity contribution < 1.29 is 32.9 Å². The second-order valence-electron chi connectivity index (χ2n) is 20.3. The fraction of sp³-hybridized carbons (Fsp3) is 0.810. The highest BCUT2D eigenvalue weighted by atomic mass is 31.2. The Morgan fingerprint density at radius 2 is 0.896 bits per heavy atom. The Balaban J connectivity index is 4.22. The molecule has 0 rings (SSSR count). The summed E-state index contributed by atoms with van der Waals surface area (Å²) >= 11 is 0. The van der Waals surface area contributed by atoms with Gasteiger partial charge in [0.1, 0.15) is 13.2 Å². The second kappa shape index (κ2) is 49.2. The molecule has 392 valence electrons. The minimum atomic E-state index is -4.34. The first kappa shape index (κ1) is 65.2. The summed E-state index contributed by atoms with van der Waals surface area (Å²) in [6.45, 7) is 4.77. The van der Waals surface area contributed by atoms with E-state index in [1.807, 2.05) is 21.1 Å². The highest BCUT2D eigenvalue weighted by Gasteiger charge is 2.28. The number of aliphatic hydroxyl groups is 1. The first-order valence-corrected chi connectivity index (χ1v) is 29.6. The summed E-state index contributed by atoms with van der Waals surface area (Å²) in [6.07, 6.45) is 65.7. The Morgan fingerprint density at radius 3 is 1.30 bits per heavy atom. The van der Waals surface area contributed by atoms with Crippen LogP contribution in [0.25, 0.3) is 0 Å². The van der Waals surface area contributed by atoms with E-state index in [-0.39, 0.29) is 19.1 Å². The number of carbonyl (C=O) groups excluding carboxylic acids is 1. The number of amides is 1. The number of hydrogen-bond acceptors (Lipinski definition) is 5. The van der Waals surface area contributed by atoms with Gasteiger partial charge in [0.25, 0.3) is 0 Å². The third kappa shape index (κ3) is 51.9. The lowest BCUT2D eigenvalue weighted by Crippen LogP contribution is -2.46. The predicted octanol–water partition coefficient (Wildman–Crippen LogP) is 16.9. The molecule has 3 N–H and O–H groups in total. The SMILES string of the molecule is CC/C=C\C/C=C\C/C=C\C/C=C\C/C=C\CCCCCC(=O)NC(COP(=O)(O)OCC[N+](C)(C)C)C(O)CCCCCCCCCCCCCCCCCCCCCCCCCCCC. The van der Waals surface area contributed by atoms with E-state index in [9.17, 15) is 19.4 Å². The minimum Gasteiger partial charge on any atom is -0.391 e. The number of hydrogen-bond donors (Lipinski definition) is 3. The third-order valence-corrected chi connectivity index (χ3v) is 13.5. The van der Waals surface area contributed by atoms with Crippen LogP contribution in [0.3, 0.4) is 0 Å². The molecule has 1 amide bonds. The molecule has 0 aromatic heterocycles.